The van der Waals surface area contributed by atoms with E-state index in [2.05, 4.69) is 22.0 Å². The average molecular weight is 250 g/mol. The van der Waals surface area contributed by atoms with Crippen molar-refractivity contribution in [3.05, 3.63) is 33.1 Å². The Labute approximate surface area is 106 Å². The van der Waals surface area contributed by atoms with Crippen LogP contribution in [0.1, 0.15) is 19.8 Å². The lowest BCUT2D eigenvalue weighted by Crippen LogP contribution is -2.26. The summed E-state index contributed by atoms with van der Waals surface area (Å²) in [6.45, 7) is 3.82. The topological polar surface area (TPSA) is 86.9 Å². The molecule has 0 radical (unpaired) electrons. The normalized spacial score (nSPS) is 9.89. The van der Waals surface area contributed by atoms with Crippen LogP contribution in [0.2, 0.25) is 0 Å². The molecule has 0 fully saturated rings. The van der Waals surface area contributed by atoms with E-state index in [1.165, 1.54) is 4.68 Å². The molecular formula is C11H18N6O. The molecule has 7 heteroatoms. The van der Waals surface area contributed by atoms with E-state index in [1.807, 2.05) is 11.9 Å². The summed E-state index contributed by atoms with van der Waals surface area (Å²) >= 11 is 0. The van der Waals surface area contributed by atoms with Gasteiger partial charge in [-0.15, -0.1) is 0 Å². The molecule has 0 spiro atoms. The highest BCUT2D eigenvalue weighted by Gasteiger charge is 2.03. The molecule has 0 N–H and O–H groups in total. The van der Waals surface area contributed by atoms with E-state index in [-0.39, 0.29) is 5.56 Å². The van der Waals surface area contributed by atoms with Gasteiger partial charge in [0, 0.05) is 37.7 Å². The van der Waals surface area contributed by atoms with Crippen LogP contribution >= 0.6 is 0 Å². The Bertz CT molecular complexity index is 477. The Morgan fingerprint density at radius 3 is 3.00 bits per heavy atom. The number of aryl methyl sites for hydroxylation is 1. The lowest BCUT2D eigenvalue weighted by Gasteiger charge is -2.17. The molecule has 0 aromatic carbocycles. The molecular weight excluding hydrogens is 232 g/mol. The van der Waals surface area contributed by atoms with E-state index >= 15 is 0 Å². The number of anilines is 1. The zero-order valence-electron chi connectivity index (χ0n) is 10.8. The van der Waals surface area contributed by atoms with Gasteiger partial charge in [0.1, 0.15) is 0 Å². The number of hydrogen-bond donors (Lipinski definition) is 0. The van der Waals surface area contributed by atoms with Crippen molar-refractivity contribution in [3.63, 3.8) is 0 Å². The van der Waals surface area contributed by atoms with Gasteiger partial charge in [-0.1, -0.05) is 12.0 Å². The lowest BCUT2D eigenvalue weighted by atomic mass is 10.3. The zero-order chi connectivity index (χ0) is 13.4. The highest BCUT2D eigenvalue weighted by molar-refractivity contribution is 5.41. The number of hydrogen-bond acceptors (Lipinski definition) is 4. The summed E-state index contributed by atoms with van der Waals surface area (Å²) in [5.41, 5.74) is 8.83. The van der Waals surface area contributed by atoms with E-state index in [9.17, 15) is 4.79 Å². The first-order valence-corrected chi connectivity index (χ1v) is 5.98. The minimum atomic E-state index is -0.128. The van der Waals surface area contributed by atoms with Crippen LogP contribution in [0.25, 0.3) is 10.4 Å². The van der Waals surface area contributed by atoms with Gasteiger partial charge in [0.15, 0.2) is 0 Å². The summed E-state index contributed by atoms with van der Waals surface area (Å²) in [6, 6.07) is 1.58. The molecule has 0 aliphatic rings. The average Bonchev–Trinajstić information content (AvgIpc) is 2.36. The molecule has 1 aromatic heterocycles. The maximum atomic E-state index is 11.8. The first-order valence-electron chi connectivity index (χ1n) is 5.98. The van der Waals surface area contributed by atoms with Crippen molar-refractivity contribution in [1.82, 2.24) is 9.78 Å². The Morgan fingerprint density at radius 2 is 2.39 bits per heavy atom. The smallest absolute Gasteiger partial charge is 0.268 e. The molecule has 0 saturated carbocycles. The van der Waals surface area contributed by atoms with Crippen molar-refractivity contribution in [1.29, 1.82) is 0 Å². The highest BCUT2D eigenvalue weighted by atomic mass is 16.1. The van der Waals surface area contributed by atoms with Gasteiger partial charge in [0.2, 0.25) is 0 Å². The summed E-state index contributed by atoms with van der Waals surface area (Å²) in [5.74, 6) is 0. The van der Waals surface area contributed by atoms with E-state index in [0.29, 0.717) is 19.5 Å². The molecule has 1 heterocycles. The van der Waals surface area contributed by atoms with E-state index < -0.39 is 0 Å². The molecule has 0 saturated heterocycles. The summed E-state index contributed by atoms with van der Waals surface area (Å²) in [4.78, 5) is 16.4. The Morgan fingerprint density at radius 1 is 1.61 bits per heavy atom. The van der Waals surface area contributed by atoms with Crippen LogP contribution in [0.5, 0.6) is 0 Å². The fraction of sp³-hybridized carbons (Fsp3) is 0.636. The first kappa shape index (κ1) is 14.1. The second kappa shape index (κ2) is 7.34. The summed E-state index contributed by atoms with van der Waals surface area (Å²) in [5, 5.41) is 7.52. The lowest BCUT2D eigenvalue weighted by molar-refractivity contribution is 0.552. The number of aromatic nitrogens is 2. The summed E-state index contributed by atoms with van der Waals surface area (Å²) < 4.78 is 1.39. The molecule has 0 unspecified atom stereocenters. The first-order chi connectivity index (χ1) is 8.69. The predicted octanol–water partition coefficient (Wildman–Crippen LogP) is 1.79. The van der Waals surface area contributed by atoms with Crippen LogP contribution in [0.3, 0.4) is 0 Å². The number of azide groups is 1. The fourth-order valence-corrected chi connectivity index (χ4v) is 1.60. The van der Waals surface area contributed by atoms with Crippen LogP contribution in [-0.4, -0.2) is 29.9 Å². The van der Waals surface area contributed by atoms with Gasteiger partial charge in [0.25, 0.3) is 5.56 Å². The van der Waals surface area contributed by atoms with E-state index in [4.69, 9.17) is 5.53 Å². The minimum Gasteiger partial charge on any atom is -0.373 e. The van der Waals surface area contributed by atoms with Gasteiger partial charge in [-0.3, -0.25) is 4.79 Å². The van der Waals surface area contributed by atoms with Crippen molar-refractivity contribution >= 4 is 5.69 Å². The Kier molecular flexibility index (Phi) is 5.73. The largest absolute Gasteiger partial charge is 0.373 e. The van der Waals surface area contributed by atoms with E-state index in [0.717, 1.165) is 18.7 Å². The van der Waals surface area contributed by atoms with Gasteiger partial charge in [-0.05, 0) is 18.4 Å². The molecule has 0 amide bonds. The fourth-order valence-electron chi connectivity index (χ4n) is 1.60. The third-order valence-corrected chi connectivity index (χ3v) is 2.55. The van der Waals surface area contributed by atoms with Crippen molar-refractivity contribution in [3.8, 4) is 0 Å². The van der Waals surface area contributed by atoms with Crippen LogP contribution in [0, 0.1) is 0 Å². The van der Waals surface area contributed by atoms with E-state index in [1.54, 1.807) is 12.3 Å². The molecule has 18 heavy (non-hydrogen) atoms. The van der Waals surface area contributed by atoms with Crippen LogP contribution in [0.15, 0.2) is 22.2 Å². The molecule has 0 atom stereocenters. The number of nitrogens with zero attached hydrogens (tertiary/aromatic N) is 6. The summed E-state index contributed by atoms with van der Waals surface area (Å²) in [6.07, 6.45) is 3.32. The molecule has 1 aromatic rings. The second-order valence-electron chi connectivity index (χ2n) is 4.00. The third-order valence-electron chi connectivity index (χ3n) is 2.55. The second-order valence-corrected chi connectivity index (χ2v) is 4.00. The van der Waals surface area contributed by atoms with Crippen molar-refractivity contribution in [2.75, 3.05) is 25.0 Å². The van der Waals surface area contributed by atoms with Gasteiger partial charge >= 0.3 is 0 Å². The third kappa shape index (κ3) is 4.10. The van der Waals surface area contributed by atoms with Crippen LogP contribution in [-0.2, 0) is 6.54 Å². The van der Waals surface area contributed by atoms with Crippen molar-refractivity contribution in [2.24, 2.45) is 5.11 Å². The maximum absolute atomic E-state index is 11.8. The summed E-state index contributed by atoms with van der Waals surface area (Å²) in [7, 11) is 1.94. The van der Waals surface area contributed by atoms with Gasteiger partial charge < -0.3 is 4.90 Å². The highest BCUT2D eigenvalue weighted by Crippen LogP contribution is 2.07. The SMILES string of the molecule is CCCN(C)c1cnn(CCCN=[N+]=[N-])c(=O)c1. The quantitative estimate of drug-likeness (QED) is 0.320. The van der Waals surface area contributed by atoms with Crippen molar-refractivity contribution < 1.29 is 0 Å². The molecule has 0 aliphatic heterocycles. The van der Waals surface area contributed by atoms with Gasteiger partial charge in [-0.25, -0.2) is 4.68 Å². The predicted molar refractivity (Wildman–Crippen MR) is 70.7 cm³/mol. The monoisotopic (exact) mass is 250 g/mol. The Balaban J connectivity index is 2.67. The van der Waals surface area contributed by atoms with Crippen LogP contribution in [0.4, 0.5) is 5.69 Å². The Hall–Kier alpha value is -2.01. The van der Waals surface area contributed by atoms with Gasteiger partial charge in [0.05, 0.1) is 11.9 Å². The van der Waals surface area contributed by atoms with Gasteiger partial charge in [-0.2, -0.15) is 5.10 Å². The molecule has 1 rings (SSSR count). The minimum absolute atomic E-state index is 0.128. The standard InChI is InChI=1S/C11H18N6O/c1-3-6-16(2)10-8-11(18)17(14-9-10)7-4-5-13-15-12/h8-9H,3-7H2,1-2H3. The maximum Gasteiger partial charge on any atom is 0.268 e. The molecule has 0 aliphatic carbocycles. The van der Waals surface area contributed by atoms with Crippen LogP contribution < -0.4 is 10.5 Å². The zero-order valence-corrected chi connectivity index (χ0v) is 10.8. The number of rotatable bonds is 7. The molecule has 98 valence electrons. The molecule has 0 bridgehead atoms. The molecule has 7 nitrogen and oxygen atoms in total. The van der Waals surface area contributed by atoms with Crippen molar-refractivity contribution in [2.45, 2.75) is 26.3 Å².